The lowest BCUT2D eigenvalue weighted by atomic mass is 10.3. The fourth-order valence-corrected chi connectivity index (χ4v) is 3.20. The molecule has 0 unspecified atom stereocenters. The van der Waals surface area contributed by atoms with Crippen LogP contribution in [-0.4, -0.2) is 44.6 Å². The maximum absolute atomic E-state index is 12.4. The highest BCUT2D eigenvalue weighted by molar-refractivity contribution is 5.77. The van der Waals surface area contributed by atoms with Crippen molar-refractivity contribution in [2.24, 2.45) is 0 Å². The van der Waals surface area contributed by atoms with Crippen LogP contribution in [0.3, 0.4) is 0 Å². The van der Waals surface area contributed by atoms with Gasteiger partial charge in [0.1, 0.15) is 5.82 Å². The van der Waals surface area contributed by atoms with Gasteiger partial charge in [0, 0.05) is 13.1 Å². The molecule has 128 valence electrons. The normalized spacial score (nSPS) is 11.8. The number of para-hydroxylation sites is 4. The van der Waals surface area contributed by atoms with Gasteiger partial charge in [-0.3, -0.25) is 4.57 Å². The predicted molar refractivity (Wildman–Crippen MR) is 99.9 cm³/mol. The van der Waals surface area contributed by atoms with Crippen molar-refractivity contribution in [3.8, 4) is 0 Å². The topological polar surface area (TPSA) is 58.9 Å². The van der Waals surface area contributed by atoms with Gasteiger partial charge in [-0.15, -0.1) is 0 Å². The Morgan fingerprint density at radius 3 is 2.52 bits per heavy atom. The van der Waals surface area contributed by atoms with Crippen LogP contribution < -0.4 is 5.69 Å². The summed E-state index contributed by atoms with van der Waals surface area (Å²) in [5.41, 5.74) is 3.71. The van der Waals surface area contributed by atoms with Crippen molar-refractivity contribution in [2.75, 3.05) is 20.6 Å². The lowest BCUT2D eigenvalue weighted by Gasteiger charge is -2.13. The molecule has 2 aromatic heterocycles. The maximum atomic E-state index is 12.4. The molecule has 0 aliphatic rings. The van der Waals surface area contributed by atoms with Crippen LogP contribution >= 0.6 is 0 Å². The van der Waals surface area contributed by atoms with Crippen molar-refractivity contribution in [1.82, 2.24) is 24.0 Å². The van der Waals surface area contributed by atoms with Crippen molar-refractivity contribution < 1.29 is 0 Å². The Balaban J connectivity index is 1.81. The van der Waals surface area contributed by atoms with Gasteiger partial charge in [0.05, 0.1) is 28.6 Å². The molecule has 2 aromatic carbocycles. The summed E-state index contributed by atoms with van der Waals surface area (Å²) >= 11 is 0. The molecule has 0 radical (unpaired) electrons. The highest BCUT2D eigenvalue weighted by Crippen LogP contribution is 2.18. The number of aromatic amines is 1. The van der Waals surface area contributed by atoms with Gasteiger partial charge < -0.3 is 14.5 Å². The number of H-pyrrole nitrogens is 1. The zero-order valence-electron chi connectivity index (χ0n) is 14.4. The Hall–Kier alpha value is -2.86. The van der Waals surface area contributed by atoms with E-state index in [4.69, 9.17) is 4.98 Å². The zero-order valence-corrected chi connectivity index (χ0v) is 14.4. The largest absolute Gasteiger partial charge is 0.326 e. The van der Waals surface area contributed by atoms with Gasteiger partial charge in [0.25, 0.3) is 0 Å². The third-order valence-electron chi connectivity index (χ3n) is 4.49. The lowest BCUT2D eigenvalue weighted by molar-refractivity contribution is 0.382. The molecule has 0 saturated heterocycles. The molecule has 6 nitrogen and oxygen atoms in total. The number of imidazole rings is 2. The summed E-state index contributed by atoms with van der Waals surface area (Å²) in [5.74, 6) is 0.898. The molecular formula is C19H21N5O. The molecule has 0 fully saturated rings. The average Bonchev–Trinajstić information content (AvgIpc) is 3.11. The summed E-state index contributed by atoms with van der Waals surface area (Å²) < 4.78 is 3.96. The highest BCUT2D eigenvalue weighted by Gasteiger charge is 2.14. The van der Waals surface area contributed by atoms with Crippen molar-refractivity contribution in [1.29, 1.82) is 0 Å². The first-order valence-corrected chi connectivity index (χ1v) is 8.40. The Bertz CT molecular complexity index is 1090. The number of likely N-dealkylation sites (N-methyl/N-ethyl adjacent to an activating group) is 1. The molecule has 25 heavy (non-hydrogen) atoms. The molecule has 0 spiro atoms. The predicted octanol–water partition coefficient (Wildman–Crippen LogP) is 2.29. The molecule has 2 heterocycles. The number of hydrogen-bond acceptors (Lipinski definition) is 3. The first-order chi connectivity index (χ1) is 12.1. The van der Waals surface area contributed by atoms with Crippen molar-refractivity contribution in [3.05, 3.63) is 64.8 Å². The van der Waals surface area contributed by atoms with E-state index >= 15 is 0 Å². The number of nitrogens with one attached hydrogen (secondary N) is 1. The summed E-state index contributed by atoms with van der Waals surface area (Å²) in [5, 5.41) is 0. The van der Waals surface area contributed by atoms with E-state index in [-0.39, 0.29) is 5.69 Å². The third kappa shape index (κ3) is 2.85. The summed E-state index contributed by atoms with van der Waals surface area (Å²) in [6.45, 7) is 2.20. The smallest absolute Gasteiger partial charge is 0.325 e. The minimum absolute atomic E-state index is 0.104. The van der Waals surface area contributed by atoms with Crippen LogP contribution in [0.15, 0.2) is 53.3 Å². The highest BCUT2D eigenvalue weighted by atomic mass is 16.1. The van der Waals surface area contributed by atoms with Crippen LogP contribution in [0.2, 0.25) is 0 Å². The van der Waals surface area contributed by atoms with E-state index in [1.807, 2.05) is 42.5 Å². The minimum Gasteiger partial charge on any atom is -0.325 e. The molecule has 4 rings (SSSR count). The van der Waals surface area contributed by atoms with E-state index in [9.17, 15) is 4.79 Å². The third-order valence-corrected chi connectivity index (χ3v) is 4.49. The van der Waals surface area contributed by atoms with E-state index in [2.05, 4.69) is 34.6 Å². The van der Waals surface area contributed by atoms with E-state index in [0.29, 0.717) is 6.54 Å². The van der Waals surface area contributed by atoms with E-state index in [1.165, 1.54) is 0 Å². The van der Waals surface area contributed by atoms with Gasteiger partial charge in [-0.05, 0) is 38.4 Å². The Morgan fingerprint density at radius 1 is 1.00 bits per heavy atom. The first kappa shape index (κ1) is 15.7. The van der Waals surface area contributed by atoms with Crippen LogP contribution in [-0.2, 0) is 13.1 Å². The second kappa shape index (κ2) is 6.22. The Kier molecular flexibility index (Phi) is 3.89. The molecule has 0 aliphatic heterocycles. The van der Waals surface area contributed by atoms with Gasteiger partial charge in [-0.2, -0.15) is 0 Å². The number of nitrogens with zero attached hydrogens (tertiary/aromatic N) is 4. The average molecular weight is 335 g/mol. The van der Waals surface area contributed by atoms with Gasteiger partial charge in [0.15, 0.2) is 0 Å². The van der Waals surface area contributed by atoms with Crippen LogP contribution in [0.1, 0.15) is 5.82 Å². The van der Waals surface area contributed by atoms with Gasteiger partial charge >= 0.3 is 5.69 Å². The molecule has 0 amide bonds. The van der Waals surface area contributed by atoms with E-state index in [1.54, 1.807) is 4.57 Å². The lowest BCUT2D eigenvalue weighted by Crippen LogP contribution is -2.23. The Morgan fingerprint density at radius 2 is 1.72 bits per heavy atom. The fourth-order valence-electron chi connectivity index (χ4n) is 3.20. The molecule has 4 aromatic rings. The molecule has 6 heteroatoms. The minimum atomic E-state index is -0.104. The number of rotatable bonds is 5. The summed E-state index contributed by atoms with van der Waals surface area (Å²) in [4.78, 5) is 22.2. The molecule has 0 aliphatic carbocycles. The monoisotopic (exact) mass is 335 g/mol. The van der Waals surface area contributed by atoms with Crippen molar-refractivity contribution >= 4 is 22.1 Å². The summed E-state index contributed by atoms with van der Waals surface area (Å²) in [6, 6.07) is 15.9. The number of fused-ring (bicyclic) bond motifs is 2. The molecule has 0 saturated carbocycles. The molecule has 0 bridgehead atoms. The maximum Gasteiger partial charge on any atom is 0.326 e. The van der Waals surface area contributed by atoms with Crippen LogP contribution in [0, 0.1) is 0 Å². The fraction of sp³-hybridized carbons (Fsp3) is 0.263. The molecule has 0 atom stereocenters. The summed E-state index contributed by atoms with van der Waals surface area (Å²) in [7, 11) is 4.12. The van der Waals surface area contributed by atoms with E-state index in [0.717, 1.165) is 41.0 Å². The van der Waals surface area contributed by atoms with Crippen molar-refractivity contribution in [2.45, 2.75) is 13.1 Å². The van der Waals surface area contributed by atoms with Crippen LogP contribution in [0.25, 0.3) is 22.1 Å². The molecular weight excluding hydrogens is 314 g/mol. The first-order valence-electron chi connectivity index (χ1n) is 8.40. The number of hydrogen-bond donors (Lipinski definition) is 1. The zero-order chi connectivity index (χ0) is 17.4. The SMILES string of the molecule is CN(C)CCn1c(Cn2c(=O)[nH]c3ccccc32)nc2ccccc21. The second-order valence-electron chi connectivity index (χ2n) is 6.51. The summed E-state index contributed by atoms with van der Waals surface area (Å²) in [6.07, 6.45) is 0. The van der Waals surface area contributed by atoms with Crippen LogP contribution in [0.5, 0.6) is 0 Å². The van der Waals surface area contributed by atoms with Crippen LogP contribution in [0.4, 0.5) is 0 Å². The van der Waals surface area contributed by atoms with Gasteiger partial charge in [0.2, 0.25) is 0 Å². The van der Waals surface area contributed by atoms with Gasteiger partial charge in [-0.25, -0.2) is 9.78 Å². The second-order valence-corrected chi connectivity index (χ2v) is 6.51. The van der Waals surface area contributed by atoms with Gasteiger partial charge in [-0.1, -0.05) is 24.3 Å². The standard InChI is InChI=1S/C19H21N5O/c1-22(2)11-12-23-16-9-5-3-7-14(16)20-18(23)13-24-17-10-6-4-8-15(17)21-19(24)25/h3-10H,11-13H2,1-2H3,(H,21,25). The number of benzene rings is 2. The quantitative estimate of drug-likeness (QED) is 0.609. The van der Waals surface area contributed by atoms with E-state index < -0.39 is 0 Å². The molecule has 1 N–H and O–H groups in total. The van der Waals surface area contributed by atoms with Crippen molar-refractivity contribution in [3.63, 3.8) is 0 Å². The Labute approximate surface area is 145 Å². The number of aromatic nitrogens is 4.